The maximum absolute atomic E-state index is 13.7. The first-order chi connectivity index (χ1) is 16.1. The molecule has 34 heavy (non-hydrogen) atoms. The predicted molar refractivity (Wildman–Crippen MR) is 131 cm³/mol. The lowest BCUT2D eigenvalue weighted by Gasteiger charge is -2.26. The van der Waals surface area contributed by atoms with Gasteiger partial charge in [0.05, 0.1) is 21.8 Å². The summed E-state index contributed by atoms with van der Waals surface area (Å²) in [6.07, 6.45) is -0.176. The molecule has 0 spiro atoms. The van der Waals surface area contributed by atoms with Gasteiger partial charge in [0.1, 0.15) is 23.2 Å². The highest BCUT2D eigenvalue weighted by molar-refractivity contribution is 7.92. The van der Waals surface area contributed by atoms with Gasteiger partial charge in [-0.1, -0.05) is 38.1 Å². The summed E-state index contributed by atoms with van der Waals surface area (Å²) in [7, 11) is -3.82. The summed E-state index contributed by atoms with van der Waals surface area (Å²) in [5.41, 5.74) is 3.39. The lowest BCUT2D eigenvalue weighted by atomic mass is 10.1. The number of anilines is 1. The fourth-order valence-corrected chi connectivity index (χ4v) is 5.72. The zero-order chi connectivity index (χ0) is 24.6. The van der Waals surface area contributed by atoms with E-state index in [1.54, 1.807) is 38.1 Å². The summed E-state index contributed by atoms with van der Waals surface area (Å²) in [5, 5.41) is 15.3. The average Bonchev–Trinajstić information content (AvgIpc) is 3.39. The van der Waals surface area contributed by atoms with Crippen molar-refractivity contribution < 1.29 is 22.5 Å². The number of nitrogens with zero attached hydrogens (tertiary/aromatic N) is 2. The Morgan fingerprint density at radius 2 is 1.76 bits per heavy atom. The first-order valence-electron chi connectivity index (χ1n) is 11.4. The lowest BCUT2D eigenvalue weighted by molar-refractivity contribution is 0.189. The van der Waals surface area contributed by atoms with E-state index < -0.39 is 16.1 Å². The van der Waals surface area contributed by atoms with Crippen molar-refractivity contribution in [3.05, 3.63) is 76.9 Å². The fourth-order valence-electron chi connectivity index (χ4n) is 4.06. The summed E-state index contributed by atoms with van der Waals surface area (Å²) < 4.78 is 39.9. The van der Waals surface area contributed by atoms with E-state index in [2.05, 4.69) is 12.1 Å². The molecule has 0 radical (unpaired) electrons. The first-order valence-corrected chi connectivity index (χ1v) is 12.8. The molecule has 0 fully saturated rings. The normalized spacial score (nSPS) is 13.0. The Balaban J connectivity index is 1.73. The summed E-state index contributed by atoms with van der Waals surface area (Å²) in [5.74, 6) is 0.940. The zero-order valence-corrected chi connectivity index (χ0v) is 20.9. The molecule has 1 unspecified atom stereocenters. The third-order valence-electron chi connectivity index (χ3n) is 5.89. The molecular formula is C26H30N2O5S. The molecule has 0 aliphatic carbocycles. The quantitative estimate of drug-likeness (QED) is 0.354. The minimum atomic E-state index is -3.82. The SMILES string of the molecule is CCc1ccc(N(CC(C)C)S(=O)(=O)c2ccc3oc(C(O)c4c(C)noc4C)cc3c2)cc1. The standard InChI is InChI=1S/C26H30N2O5S/c1-6-19-7-9-21(10-8-19)28(15-16(2)3)34(30,31)22-11-12-23-20(13-22)14-24(32-23)26(29)25-17(4)27-33-18(25)5/h7-14,16,26,29H,6,15H2,1-5H3. The Morgan fingerprint density at radius 1 is 1.06 bits per heavy atom. The predicted octanol–water partition coefficient (Wildman–Crippen LogP) is 5.53. The Labute approximate surface area is 200 Å². The van der Waals surface area contributed by atoms with Crippen molar-refractivity contribution in [2.45, 2.75) is 52.0 Å². The minimum absolute atomic E-state index is 0.134. The molecule has 4 aromatic rings. The first kappa shape index (κ1) is 24.0. The number of hydrogen-bond donors (Lipinski definition) is 1. The molecule has 2 aromatic heterocycles. The van der Waals surface area contributed by atoms with Gasteiger partial charge in [-0.2, -0.15) is 0 Å². The third-order valence-corrected chi connectivity index (χ3v) is 7.68. The van der Waals surface area contributed by atoms with Gasteiger partial charge >= 0.3 is 0 Å². The van der Waals surface area contributed by atoms with Gasteiger partial charge in [-0.3, -0.25) is 4.31 Å². The van der Waals surface area contributed by atoms with E-state index in [9.17, 15) is 13.5 Å². The van der Waals surface area contributed by atoms with Crippen LogP contribution in [0, 0.1) is 19.8 Å². The van der Waals surface area contributed by atoms with E-state index in [1.807, 2.05) is 38.1 Å². The van der Waals surface area contributed by atoms with Crippen molar-refractivity contribution in [1.29, 1.82) is 0 Å². The van der Waals surface area contributed by atoms with E-state index in [-0.39, 0.29) is 10.8 Å². The number of benzene rings is 2. The van der Waals surface area contributed by atoms with Crippen LogP contribution in [0.3, 0.4) is 0 Å². The number of furan rings is 1. The fraction of sp³-hybridized carbons (Fsp3) is 0.346. The highest BCUT2D eigenvalue weighted by Gasteiger charge is 2.28. The monoisotopic (exact) mass is 482 g/mol. The molecule has 1 atom stereocenters. The van der Waals surface area contributed by atoms with Crippen LogP contribution in [0.15, 0.2) is 62.4 Å². The Bertz CT molecular complexity index is 1380. The van der Waals surface area contributed by atoms with Crippen molar-refractivity contribution in [2.24, 2.45) is 5.92 Å². The van der Waals surface area contributed by atoms with Crippen LogP contribution in [0.25, 0.3) is 11.0 Å². The van der Waals surface area contributed by atoms with Crippen LogP contribution in [-0.4, -0.2) is 25.2 Å². The molecule has 0 aliphatic rings. The van der Waals surface area contributed by atoms with Crippen LogP contribution in [0.1, 0.15) is 55.2 Å². The van der Waals surface area contributed by atoms with Gasteiger partial charge in [-0.25, -0.2) is 8.42 Å². The van der Waals surface area contributed by atoms with Crippen molar-refractivity contribution in [3.8, 4) is 0 Å². The van der Waals surface area contributed by atoms with Crippen molar-refractivity contribution in [2.75, 3.05) is 10.8 Å². The van der Waals surface area contributed by atoms with Crippen LogP contribution in [0.5, 0.6) is 0 Å². The van der Waals surface area contributed by atoms with Gasteiger partial charge in [0.15, 0.2) is 0 Å². The second-order valence-corrected chi connectivity index (χ2v) is 10.8. The van der Waals surface area contributed by atoms with E-state index in [0.717, 1.165) is 12.0 Å². The smallest absolute Gasteiger partial charge is 0.264 e. The maximum atomic E-state index is 13.7. The van der Waals surface area contributed by atoms with Crippen LogP contribution in [0.4, 0.5) is 5.69 Å². The van der Waals surface area contributed by atoms with Crippen molar-refractivity contribution >= 4 is 26.7 Å². The van der Waals surface area contributed by atoms with Gasteiger partial charge in [-0.15, -0.1) is 0 Å². The Hall–Kier alpha value is -3.10. The number of aliphatic hydroxyl groups is 1. The van der Waals surface area contributed by atoms with Crippen molar-refractivity contribution in [3.63, 3.8) is 0 Å². The highest BCUT2D eigenvalue weighted by atomic mass is 32.2. The van der Waals surface area contributed by atoms with Gasteiger partial charge in [0.2, 0.25) is 0 Å². The molecule has 8 heteroatoms. The highest BCUT2D eigenvalue weighted by Crippen LogP contribution is 2.33. The molecule has 4 rings (SSSR count). The van der Waals surface area contributed by atoms with Gasteiger partial charge in [0.25, 0.3) is 10.0 Å². The molecule has 0 saturated heterocycles. The molecule has 0 amide bonds. The second-order valence-electron chi connectivity index (χ2n) is 8.94. The van der Waals surface area contributed by atoms with Crippen molar-refractivity contribution in [1.82, 2.24) is 5.16 Å². The topological polar surface area (TPSA) is 96.8 Å². The van der Waals surface area contributed by atoms with Gasteiger partial charge in [-0.05, 0) is 68.1 Å². The largest absolute Gasteiger partial charge is 0.458 e. The summed E-state index contributed by atoms with van der Waals surface area (Å²) in [4.78, 5) is 0.166. The van der Waals surface area contributed by atoms with E-state index in [4.69, 9.17) is 8.94 Å². The average molecular weight is 483 g/mol. The second kappa shape index (κ2) is 9.27. The molecule has 1 N–H and O–H groups in total. The molecule has 0 bridgehead atoms. The number of rotatable bonds is 8. The van der Waals surface area contributed by atoms with E-state index in [0.29, 0.717) is 46.0 Å². The Morgan fingerprint density at radius 3 is 2.35 bits per heavy atom. The number of aliphatic hydroxyl groups excluding tert-OH is 1. The number of sulfonamides is 1. The molecule has 0 saturated carbocycles. The maximum Gasteiger partial charge on any atom is 0.264 e. The number of fused-ring (bicyclic) bond motifs is 1. The van der Waals surface area contributed by atoms with Crippen LogP contribution in [0.2, 0.25) is 0 Å². The van der Waals surface area contributed by atoms with Crippen LogP contribution >= 0.6 is 0 Å². The van der Waals surface area contributed by atoms with E-state index in [1.165, 1.54) is 4.31 Å². The molecule has 7 nitrogen and oxygen atoms in total. The van der Waals surface area contributed by atoms with Crippen LogP contribution < -0.4 is 4.31 Å². The zero-order valence-electron chi connectivity index (χ0n) is 20.1. The van der Waals surface area contributed by atoms with Crippen LogP contribution in [-0.2, 0) is 16.4 Å². The van der Waals surface area contributed by atoms with Gasteiger partial charge in [0, 0.05) is 11.9 Å². The summed E-state index contributed by atoms with van der Waals surface area (Å²) >= 11 is 0. The minimum Gasteiger partial charge on any atom is -0.458 e. The summed E-state index contributed by atoms with van der Waals surface area (Å²) in [6.45, 7) is 9.87. The third kappa shape index (κ3) is 4.48. The number of aromatic nitrogens is 1. The molecule has 180 valence electrons. The molecule has 0 aliphatic heterocycles. The molecular weight excluding hydrogens is 452 g/mol. The van der Waals surface area contributed by atoms with Gasteiger partial charge < -0.3 is 14.0 Å². The Kier molecular flexibility index (Phi) is 6.55. The summed E-state index contributed by atoms with van der Waals surface area (Å²) in [6, 6.07) is 14.0. The molecule has 2 heterocycles. The lowest BCUT2D eigenvalue weighted by Crippen LogP contribution is -2.34. The number of hydrogen-bond acceptors (Lipinski definition) is 6. The molecule has 2 aromatic carbocycles. The number of aryl methyl sites for hydroxylation is 3. The van der Waals surface area contributed by atoms with E-state index >= 15 is 0 Å².